The molecule has 0 saturated heterocycles. The second-order valence-corrected chi connectivity index (χ2v) is 6.08. The van der Waals surface area contributed by atoms with Crippen molar-refractivity contribution in [3.05, 3.63) is 35.9 Å². The third kappa shape index (κ3) is 6.67. The second kappa shape index (κ2) is 10.3. The van der Waals surface area contributed by atoms with E-state index in [0.29, 0.717) is 0 Å². The first kappa shape index (κ1) is 21.4. The van der Waals surface area contributed by atoms with Crippen molar-refractivity contribution in [1.29, 1.82) is 0 Å². The highest BCUT2D eigenvalue weighted by Gasteiger charge is 2.31. The van der Waals surface area contributed by atoms with Gasteiger partial charge in [0, 0.05) is 0 Å². The van der Waals surface area contributed by atoms with Crippen molar-refractivity contribution in [2.45, 2.75) is 32.5 Å². The highest BCUT2D eigenvalue weighted by Crippen LogP contribution is 2.06. The monoisotopic (exact) mass is 381 g/mol. The van der Waals surface area contributed by atoms with Gasteiger partial charge in [0.1, 0.15) is 18.7 Å². The zero-order valence-electron chi connectivity index (χ0n) is 14.9. The van der Waals surface area contributed by atoms with E-state index in [1.54, 1.807) is 0 Å². The number of carbonyl (C=O) groups is 3. The zero-order chi connectivity index (χ0) is 19.7. The first-order chi connectivity index (χ1) is 12.3. The van der Waals surface area contributed by atoms with Gasteiger partial charge in [0.2, 0.25) is 5.91 Å². The number of nitrogens with zero attached hydrogens (tertiary/aromatic N) is 1. The van der Waals surface area contributed by atoms with Crippen LogP contribution in [0.2, 0.25) is 0 Å². The molecule has 8 nitrogen and oxygen atoms in total. The van der Waals surface area contributed by atoms with E-state index in [1.165, 1.54) is 21.0 Å². The Hall–Kier alpha value is -2.68. The smallest absolute Gasteiger partial charge is 0.408 e. The summed E-state index contributed by atoms with van der Waals surface area (Å²) >= 11 is 4.82. The van der Waals surface area contributed by atoms with Crippen LogP contribution in [0.25, 0.3) is 0 Å². The second-order valence-electron chi connectivity index (χ2n) is 5.56. The number of hydrogen-bond donors (Lipinski definition) is 2. The highest BCUT2D eigenvalue weighted by atomic mass is 32.1. The molecule has 9 heteroatoms. The number of nitrogens with two attached hydrogens (primary N) is 1. The van der Waals surface area contributed by atoms with Crippen LogP contribution < -0.4 is 11.1 Å². The third-order valence-corrected chi connectivity index (χ3v) is 3.67. The summed E-state index contributed by atoms with van der Waals surface area (Å²) in [6.07, 6.45) is -0.754. The lowest BCUT2D eigenvalue weighted by Gasteiger charge is -2.29. The molecule has 0 spiro atoms. The highest BCUT2D eigenvalue weighted by molar-refractivity contribution is 7.80. The first-order valence-corrected chi connectivity index (χ1v) is 8.31. The predicted octanol–water partition coefficient (Wildman–Crippen LogP) is 0.978. The molecule has 26 heavy (non-hydrogen) atoms. The molecule has 0 saturated carbocycles. The lowest BCUT2D eigenvalue weighted by molar-refractivity contribution is -0.151. The van der Waals surface area contributed by atoms with Crippen molar-refractivity contribution in [2.75, 3.05) is 13.7 Å². The van der Waals surface area contributed by atoms with E-state index in [1.807, 2.05) is 30.3 Å². The Kier molecular flexibility index (Phi) is 8.50. The van der Waals surface area contributed by atoms with Gasteiger partial charge in [-0.15, -0.1) is 0 Å². The summed E-state index contributed by atoms with van der Waals surface area (Å²) in [5.74, 6) is -1.15. The number of hydrogen-bond acceptors (Lipinski definition) is 6. The Bertz CT molecular complexity index is 653. The van der Waals surface area contributed by atoms with E-state index >= 15 is 0 Å². The predicted molar refractivity (Wildman–Crippen MR) is 99.2 cm³/mol. The molecule has 0 aliphatic rings. The zero-order valence-corrected chi connectivity index (χ0v) is 15.7. The van der Waals surface area contributed by atoms with Gasteiger partial charge in [0.15, 0.2) is 0 Å². The summed E-state index contributed by atoms with van der Waals surface area (Å²) in [6, 6.07) is 7.27. The Labute approximate surface area is 157 Å². The van der Waals surface area contributed by atoms with Crippen molar-refractivity contribution in [3.8, 4) is 0 Å². The number of alkyl carbamates (subject to hydrolysis) is 1. The van der Waals surface area contributed by atoms with Crippen molar-refractivity contribution < 1.29 is 23.9 Å². The summed E-state index contributed by atoms with van der Waals surface area (Å²) in [6.45, 7) is 2.92. The van der Waals surface area contributed by atoms with Crippen molar-refractivity contribution in [3.63, 3.8) is 0 Å². The molecular weight excluding hydrogens is 358 g/mol. The summed E-state index contributed by atoms with van der Waals surface area (Å²) < 4.78 is 9.72. The van der Waals surface area contributed by atoms with E-state index in [9.17, 15) is 14.4 Å². The largest absolute Gasteiger partial charge is 0.467 e. The van der Waals surface area contributed by atoms with Gasteiger partial charge in [-0.3, -0.25) is 4.79 Å². The number of esters is 1. The maximum Gasteiger partial charge on any atom is 0.408 e. The average Bonchev–Trinajstić information content (AvgIpc) is 2.63. The SMILES string of the molecule is COC(=O)[C@H](C)N(CC(N)=S)C(=O)[C@H](C)NC(=O)OCc1ccccc1. The molecule has 0 unspecified atom stereocenters. The van der Waals surface area contributed by atoms with E-state index in [4.69, 9.17) is 22.7 Å². The van der Waals surface area contributed by atoms with E-state index < -0.39 is 30.1 Å². The van der Waals surface area contributed by atoms with Crippen LogP contribution >= 0.6 is 12.2 Å². The van der Waals surface area contributed by atoms with Crippen molar-refractivity contribution in [2.24, 2.45) is 5.73 Å². The summed E-state index contributed by atoms with van der Waals surface area (Å²) in [5.41, 5.74) is 6.31. The molecule has 0 aliphatic heterocycles. The third-order valence-electron chi connectivity index (χ3n) is 3.54. The van der Waals surface area contributed by atoms with Crippen LogP contribution in [0.15, 0.2) is 30.3 Å². The number of methoxy groups -OCH3 is 1. The van der Waals surface area contributed by atoms with Crippen molar-refractivity contribution in [1.82, 2.24) is 10.2 Å². The van der Waals surface area contributed by atoms with Crippen LogP contribution in [-0.2, 0) is 25.7 Å². The minimum atomic E-state index is -0.945. The molecule has 1 rings (SSSR count). The van der Waals surface area contributed by atoms with E-state index in [2.05, 4.69) is 10.1 Å². The lowest BCUT2D eigenvalue weighted by Crippen LogP contribution is -2.54. The maximum absolute atomic E-state index is 12.6. The molecule has 0 heterocycles. The van der Waals surface area contributed by atoms with E-state index in [-0.39, 0.29) is 18.1 Å². The number of nitrogens with one attached hydrogen (secondary N) is 1. The molecule has 0 aliphatic carbocycles. The fourth-order valence-electron chi connectivity index (χ4n) is 2.12. The molecule has 1 aromatic rings. The Morgan fingerprint density at radius 3 is 2.38 bits per heavy atom. The maximum atomic E-state index is 12.6. The number of amides is 2. The number of rotatable bonds is 8. The van der Waals surface area contributed by atoms with Gasteiger partial charge in [-0.1, -0.05) is 42.5 Å². The fraction of sp³-hybridized carbons (Fsp3) is 0.412. The van der Waals surface area contributed by atoms with E-state index in [0.717, 1.165) is 10.5 Å². The normalized spacial score (nSPS) is 12.4. The van der Waals surface area contributed by atoms with Gasteiger partial charge in [0.25, 0.3) is 0 Å². The Morgan fingerprint density at radius 2 is 1.85 bits per heavy atom. The Morgan fingerprint density at radius 1 is 1.23 bits per heavy atom. The number of benzene rings is 1. The standard InChI is InChI=1S/C17H23N3O5S/c1-11(19-17(23)25-10-13-7-5-4-6-8-13)15(21)20(9-14(18)26)12(2)16(22)24-3/h4-8,11-12H,9-10H2,1-3H3,(H2,18,26)(H,19,23)/t11-,12-/m0/s1. The molecule has 0 radical (unpaired) electrons. The molecular formula is C17H23N3O5S. The summed E-state index contributed by atoms with van der Waals surface area (Å²) in [4.78, 5) is 37.4. The number of thiocarbonyl (C=S) groups is 1. The molecule has 142 valence electrons. The molecule has 0 fully saturated rings. The molecule has 1 aromatic carbocycles. The topological polar surface area (TPSA) is 111 Å². The van der Waals surface area contributed by atoms with Crippen LogP contribution in [0.5, 0.6) is 0 Å². The van der Waals surface area contributed by atoms with Gasteiger partial charge >= 0.3 is 12.1 Å². The average molecular weight is 381 g/mol. The van der Waals surface area contributed by atoms with Gasteiger partial charge in [-0.05, 0) is 19.4 Å². The van der Waals surface area contributed by atoms with Crippen LogP contribution in [0, 0.1) is 0 Å². The number of carbonyl (C=O) groups excluding carboxylic acids is 3. The van der Waals surface area contributed by atoms with Crippen LogP contribution in [0.1, 0.15) is 19.4 Å². The Balaban J connectivity index is 2.67. The molecule has 0 aromatic heterocycles. The van der Waals surface area contributed by atoms with Crippen LogP contribution in [-0.4, -0.2) is 53.6 Å². The van der Waals surface area contributed by atoms with Gasteiger partial charge in [-0.2, -0.15) is 0 Å². The minimum absolute atomic E-state index is 0.0351. The molecule has 2 atom stereocenters. The van der Waals surface area contributed by atoms with Gasteiger partial charge in [-0.25, -0.2) is 9.59 Å². The lowest BCUT2D eigenvalue weighted by atomic mass is 10.2. The number of ether oxygens (including phenoxy) is 2. The van der Waals surface area contributed by atoms with Crippen molar-refractivity contribution >= 4 is 35.2 Å². The molecule has 2 amide bonds. The first-order valence-electron chi connectivity index (χ1n) is 7.90. The van der Waals surface area contributed by atoms with Crippen LogP contribution in [0.4, 0.5) is 4.79 Å². The quantitative estimate of drug-likeness (QED) is 0.510. The minimum Gasteiger partial charge on any atom is -0.467 e. The summed E-state index contributed by atoms with van der Waals surface area (Å²) in [7, 11) is 1.21. The van der Waals surface area contributed by atoms with Gasteiger partial charge in [0.05, 0.1) is 18.6 Å². The van der Waals surface area contributed by atoms with Crippen LogP contribution in [0.3, 0.4) is 0 Å². The molecule has 3 N–H and O–H groups in total. The summed E-state index contributed by atoms with van der Waals surface area (Å²) in [5, 5.41) is 2.43. The molecule has 0 bridgehead atoms. The fourth-order valence-corrected chi connectivity index (χ4v) is 2.26. The van der Waals surface area contributed by atoms with Gasteiger partial charge < -0.3 is 25.4 Å².